The van der Waals surface area contributed by atoms with E-state index in [1.807, 2.05) is 26.0 Å². The molecule has 2 rings (SSSR count). The van der Waals surface area contributed by atoms with Crippen molar-refractivity contribution >= 4 is 34.8 Å². The van der Waals surface area contributed by atoms with Crippen molar-refractivity contribution in [3.8, 4) is 0 Å². The Morgan fingerprint density at radius 1 is 1.00 bits per heavy atom. The summed E-state index contributed by atoms with van der Waals surface area (Å²) in [6, 6.07) is 10.7. The van der Waals surface area contributed by atoms with Crippen LogP contribution in [-0.4, -0.2) is 5.91 Å². The van der Waals surface area contributed by atoms with Crippen LogP contribution in [0.1, 0.15) is 21.5 Å². The van der Waals surface area contributed by atoms with Crippen molar-refractivity contribution in [1.29, 1.82) is 0 Å². The number of aryl methyl sites for hydroxylation is 2. The standard InChI is InChI=1S/C15H13Cl2NO/c1-9-3-6-12(14(17)7-9)15(19)18-11-5-4-10(2)13(16)8-11/h3-8H,1-2H3,(H,18,19). The molecule has 2 nitrogen and oxygen atoms in total. The summed E-state index contributed by atoms with van der Waals surface area (Å²) < 4.78 is 0. The minimum atomic E-state index is -0.245. The molecule has 19 heavy (non-hydrogen) atoms. The SMILES string of the molecule is Cc1ccc(C(=O)Nc2ccc(C)c(Cl)c2)c(Cl)c1. The van der Waals surface area contributed by atoms with Crippen LogP contribution in [0.3, 0.4) is 0 Å². The number of carbonyl (C=O) groups is 1. The lowest BCUT2D eigenvalue weighted by Gasteiger charge is -2.08. The summed E-state index contributed by atoms with van der Waals surface area (Å²) in [5, 5.41) is 3.84. The fraction of sp³-hybridized carbons (Fsp3) is 0.133. The van der Waals surface area contributed by atoms with Gasteiger partial charge in [-0.15, -0.1) is 0 Å². The Labute approximate surface area is 122 Å². The van der Waals surface area contributed by atoms with Gasteiger partial charge in [0.05, 0.1) is 10.6 Å². The van der Waals surface area contributed by atoms with E-state index in [0.717, 1.165) is 11.1 Å². The van der Waals surface area contributed by atoms with E-state index < -0.39 is 0 Å². The maximum atomic E-state index is 12.1. The quantitative estimate of drug-likeness (QED) is 0.841. The van der Waals surface area contributed by atoms with Crippen molar-refractivity contribution < 1.29 is 4.79 Å². The molecule has 0 atom stereocenters. The van der Waals surface area contributed by atoms with E-state index in [4.69, 9.17) is 23.2 Å². The molecular weight excluding hydrogens is 281 g/mol. The highest BCUT2D eigenvalue weighted by Gasteiger charge is 2.11. The lowest BCUT2D eigenvalue weighted by molar-refractivity contribution is 0.102. The number of halogens is 2. The molecule has 0 unspecified atom stereocenters. The van der Waals surface area contributed by atoms with Gasteiger partial charge in [0.15, 0.2) is 0 Å². The van der Waals surface area contributed by atoms with Crippen molar-refractivity contribution in [3.63, 3.8) is 0 Å². The summed E-state index contributed by atoms with van der Waals surface area (Å²) in [7, 11) is 0. The first-order chi connectivity index (χ1) is 8.97. The first-order valence-corrected chi connectivity index (χ1v) is 6.56. The van der Waals surface area contributed by atoms with Crippen LogP contribution >= 0.6 is 23.2 Å². The van der Waals surface area contributed by atoms with Crippen LogP contribution in [0.4, 0.5) is 5.69 Å². The predicted octanol–water partition coefficient (Wildman–Crippen LogP) is 4.86. The zero-order valence-corrected chi connectivity index (χ0v) is 12.1. The monoisotopic (exact) mass is 293 g/mol. The minimum Gasteiger partial charge on any atom is -0.322 e. The number of anilines is 1. The largest absolute Gasteiger partial charge is 0.322 e. The van der Waals surface area contributed by atoms with E-state index >= 15 is 0 Å². The van der Waals surface area contributed by atoms with Gasteiger partial charge in [-0.25, -0.2) is 0 Å². The van der Waals surface area contributed by atoms with E-state index in [1.54, 1.807) is 24.3 Å². The van der Waals surface area contributed by atoms with Gasteiger partial charge in [-0.1, -0.05) is 35.3 Å². The van der Waals surface area contributed by atoms with Gasteiger partial charge in [-0.05, 0) is 49.2 Å². The predicted molar refractivity (Wildman–Crippen MR) is 80.3 cm³/mol. The minimum absolute atomic E-state index is 0.245. The third-order valence-corrected chi connectivity index (χ3v) is 3.52. The number of rotatable bonds is 2. The average molecular weight is 294 g/mol. The average Bonchev–Trinajstić information content (AvgIpc) is 2.33. The van der Waals surface area contributed by atoms with Crippen molar-refractivity contribution in [2.75, 3.05) is 5.32 Å². The highest BCUT2D eigenvalue weighted by molar-refractivity contribution is 6.34. The molecule has 0 aliphatic heterocycles. The number of hydrogen-bond acceptors (Lipinski definition) is 1. The molecule has 0 aliphatic carbocycles. The molecule has 4 heteroatoms. The summed E-state index contributed by atoms with van der Waals surface area (Å²) in [6.45, 7) is 3.83. The molecule has 0 aliphatic rings. The van der Waals surface area contributed by atoms with E-state index in [9.17, 15) is 4.79 Å². The van der Waals surface area contributed by atoms with Crippen LogP contribution < -0.4 is 5.32 Å². The summed E-state index contributed by atoms with van der Waals surface area (Å²) in [5.41, 5.74) is 3.08. The summed E-state index contributed by atoms with van der Waals surface area (Å²) in [6.07, 6.45) is 0. The van der Waals surface area contributed by atoms with Gasteiger partial charge in [0.25, 0.3) is 5.91 Å². The summed E-state index contributed by atoms with van der Waals surface area (Å²) >= 11 is 12.1. The van der Waals surface area contributed by atoms with Gasteiger partial charge < -0.3 is 5.32 Å². The topological polar surface area (TPSA) is 29.1 Å². The van der Waals surface area contributed by atoms with Gasteiger partial charge in [0, 0.05) is 10.7 Å². The van der Waals surface area contributed by atoms with Crippen molar-refractivity contribution in [2.24, 2.45) is 0 Å². The normalized spacial score (nSPS) is 10.3. The number of benzene rings is 2. The van der Waals surface area contributed by atoms with Gasteiger partial charge in [-0.3, -0.25) is 4.79 Å². The number of carbonyl (C=O) groups excluding carboxylic acids is 1. The molecule has 1 N–H and O–H groups in total. The Hall–Kier alpha value is -1.51. The van der Waals surface area contributed by atoms with Crippen molar-refractivity contribution in [1.82, 2.24) is 0 Å². The molecule has 98 valence electrons. The summed E-state index contributed by atoms with van der Waals surface area (Å²) in [4.78, 5) is 12.1. The van der Waals surface area contributed by atoms with E-state index in [2.05, 4.69) is 5.32 Å². The molecule has 1 amide bonds. The zero-order valence-electron chi connectivity index (χ0n) is 10.6. The van der Waals surface area contributed by atoms with Crippen molar-refractivity contribution in [2.45, 2.75) is 13.8 Å². The molecule has 0 spiro atoms. The lowest BCUT2D eigenvalue weighted by Crippen LogP contribution is -2.12. The summed E-state index contributed by atoms with van der Waals surface area (Å²) in [5.74, 6) is -0.245. The number of hydrogen-bond donors (Lipinski definition) is 1. The van der Waals surface area contributed by atoms with E-state index in [0.29, 0.717) is 21.3 Å². The van der Waals surface area contributed by atoms with Crippen LogP contribution in [-0.2, 0) is 0 Å². The maximum absolute atomic E-state index is 12.1. The number of amides is 1. The molecule has 0 aromatic heterocycles. The molecule has 2 aromatic carbocycles. The number of nitrogens with one attached hydrogen (secondary N) is 1. The first kappa shape index (κ1) is 13.9. The molecular formula is C15H13Cl2NO. The van der Waals surface area contributed by atoms with Gasteiger partial charge >= 0.3 is 0 Å². The van der Waals surface area contributed by atoms with Crippen LogP contribution in [0.5, 0.6) is 0 Å². The Balaban J connectivity index is 2.23. The highest BCUT2D eigenvalue weighted by Crippen LogP contribution is 2.22. The lowest BCUT2D eigenvalue weighted by atomic mass is 10.1. The van der Waals surface area contributed by atoms with E-state index in [1.165, 1.54) is 0 Å². The maximum Gasteiger partial charge on any atom is 0.257 e. The second kappa shape index (κ2) is 5.64. The Morgan fingerprint density at radius 3 is 2.37 bits per heavy atom. The molecule has 0 radical (unpaired) electrons. The zero-order chi connectivity index (χ0) is 14.0. The Kier molecular flexibility index (Phi) is 4.13. The third kappa shape index (κ3) is 3.28. The molecule has 0 saturated carbocycles. The van der Waals surface area contributed by atoms with Crippen LogP contribution in [0, 0.1) is 13.8 Å². The molecule has 0 bridgehead atoms. The second-order valence-corrected chi connectivity index (χ2v) is 5.22. The van der Waals surface area contributed by atoms with Gasteiger partial charge in [0.1, 0.15) is 0 Å². The molecule has 0 saturated heterocycles. The van der Waals surface area contributed by atoms with Gasteiger partial charge in [0.2, 0.25) is 0 Å². The highest BCUT2D eigenvalue weighted by atomic mass is 35.5. The second-order valence-electron chi connectivity index (χ2n) is 4.40. The third-order valence-electron chi connectivity index (χ3n) is 2.80. The van der Waals surface area contributed by atoms with Crippen molar-refractivity contribution in [3.05, 3.63) is 63.1 Å². The molecule has 2 aromatic rings. The molecule has 0 heterocycles. The van der Waals surface area contributed by atoms with Crippen LogP contribution in [0.25, 0.3) is 0 Å². The fourth-order valence-corrected chi connectivity index (χ4v) is 2.17. The van der Waals surface area contributed by atoms with Gasteiger partial charge in [-0.2, -0.15) is 0 Å². The van der Waals surface area contributed by atoms with E-state index in [-0.39, 0.29) is 5.91 Å². The van der Waals surface area contributed by atoms with Crippen LogP contribution in [0.2, 0.25) is 10.0 Å². The Morgan fingerprint density at radius 2 is 1.74 bits per heavy atom. The fourth-order valence-electron chi connectivity index (χ4n) is 1.67. The molecule has 0 fully saturated rings. The first-order valence-electron chi connectivity index (χ1n) is 5.81. The van der Waals surface area contributed by atoms with Crippen LogP contribution in [0.15, 0.2) is 36.4 Å². The Bertz CT molecular complexity index is 638. The smallest absolute Gasteiger partial charge is 0.257 e.